The molecule has 0 aliphatic carbocycles. The zero-order chi connectivity index (χ0) is 12.3. The lowest BCUT2D eigenvalue weighted by Crippen LogP contribution is -2.36. The van der Waals surface area contributed by atoms with Gasteiger partial charge in [-0.25, -0.2) is 0 Å². The summed E-state index contributed by atoms with van der Waals surface area (Å²) in [4.78, 5) is 13.7. The molecule has 17 heavy (non-hydrogen) atoms. The molecular formula is C13H17NO2S. The molecule has 1 aromatic carbocycles. The van der Waals surface area contributed by atoms with Crippen molar-refractivity contribution in [2.24, 2.45) is 0 Å². The van der Waals surface area contributed by atoms with Gasteiger partial charge < -0.3 is 9.64 Å². The molecule has 1 amide bonds. The average molecular weight is 251 g/mol. The van der Waals surface area contributed by atoms with Crippen molar-refractivity contribution in [2.45, 2.75) is 19.4 Å². The molecule has 0 saturated heterocycles. The number of amides is 1. The molecule has 4 heteroatoms. The van der Waals surface area contributed by atoms with Crippen LogP contribution in [0.3, 0.4) is 0 Å². The van der Waals surface area contributed by atoms with Crippen molar-refractivity contribution in [2.75, 3.05) is 19.4 Å². The van der Waals surface area contributed by atoms with Crippen LogP contribution in [0.2, 0.25) is 0 Å². The van der Waals surface area contributed by atoms with Gasteiger partial charge in [-0.05, 0) is 35.4 Å². The number of ether oxygens (including phenoxy) is 1. The molecule has 0 atom stereocenters. The first kappa shape index (κ1) is 12.3. The van der Waals surface area contributed by atoms with Crippen molar-refractivity contribution >= 4 is 18.5 Å². The number of benzene rings is 1. The zero-order valence-corrected chi connectivity index (χ0v) is 10.9. The van der Waals surface area contributed by atoms with Crippen molar-refractivity contribution in [3.8, 4) is 5.75 Å². The predicted octanol–water partition coefficient (Wildman–Crippen LogP) is 1.90. The summed E-state index contributed by atoms with van der Waals surface area (Å²) in [5, 5.41) is 0. The Morgan fingerprint density at radius 2 is 2.29 bits per heavy atom. The summed E-state index contributed by atoms with van der Waals surface area (Å²) in [5.41, 5.74) is 2.52. The summed E-state index contributed by atoms with van der Waals surface area (Å²) in [7, 11) is 1.67. The molecule has 0 radical (unpaired) electrons. The van der Waals surface area contributed by atoms with Gasteiger partial charge in [0.15, 0.2) is 0 Å². The molecule has 1 aromatic rings. The van der Waals surface area contributed by atoms with Gasteiger partial charge in [0, 0.05) is 19.5 Å². The van der Waals surface area contributed by atoms with Gasteiger partial charge in [-0.15, -0.1) is 0 Å². The molecule has 1 aliphatic heterocycles. The Hall–Kier alpha value is -1.16. The molecule has 2 rings (SSSR count). The Kier molecular flexibility index (Phi) is 3.94. The Bertz CT molecular complexity index is 420. The number of methoxy groups -OCH3 is 1. The first-order valence-corrected chi connectivity index (χ1v) is 6.42. The molecule has 0 N–H and O–H groups in total. The molecule has 1 heterocycles. The number of carbonyl (C=O) groups is 1. The second-order valence-corrected chi connectivity index (χ2v) is 4.62. The second-order valence-electron chi connectivity index (χ2n) is 4.17. The maximum absolute atomic E-state index is 11.8. The smallest absolute Gasteiger partial charge is 0.223 e. The lowest BCUT2D eigenvalue weighted by molar-refractivity contribution is -0.131. The van der Waals surface area contributed by atoms with Crippen LogP contribution in [0.4, 0.5) is 0 Å². The highest BCUT2D eigenvalue weighted by Gasteiger charge is 2.20. The third kappa shape index (κ3) is 2.75. The second kappa shape index (κ2) is 5.45. The molecule has 0 unspecified atom stereocenters. The number of nitrogens with zero attached hydrogens (tertiary/aromatic N) is 1. The lowest BCUT2D eigenvalue weighted by atomic mass is 9.99. The first-order valence-electron chi connectivity index (χ1n) is 5.79. The first-order chi connectivity index (χ1) is 8.24. The number of carbonyl (C=O) groups excluding carboxylic acids is 1. The number of rotatable bonds is 3. The van der Waals surface area contributed by atoms with E-state index in [0.29, 0.717) is 18.7 Å². The molecular weight excluding hydrogens is 234 g/mol. The van der Waals surface area contributed by atoms with E-state index in [1.165, 1.54) is 11.1 Å². The Morgan fingerprint density at radius 3 is 3.00 bits per heavy atom. The van der Waals surface area contributed by atoms with E-state index >= 15 is 0 Å². The maximum atomic E-state index is 11.8. The quantitative estimate of drug-likeness (QED) is 0.831. The van der Waals surface area contributed by atoms with Gasteiger partial charge in [0.05, 0.1) is 7.11 Å². The Balaban J connectivity index is 2.11. The van der Waals surface area contributed by atoms with Crippen LogP contribution in [0.1, 0.15) is 17.5 Å². The van der Waals surface area contributed by atoms with Crippen LogP contribution in [0.25, 0.3) is 0 Å². The summed E-state index contributed by atoms with van der Waals surface area (Å²) < 4.78 is 5.20. The third-order valence-electron chi connectivity index (χ3n) is 3.10. The summed E-state index contributed by atoms with van der Waals surface area (Å²) in [6.07, 6.45) is 1.43. The molecule has 3 nitrogen and oxygen atoms in total. The van der Waals surface area contributed by atoms with Gasteiger partial charge in [-0.1, -0.05) is 6.07 Å². The van der Waals surface area contributed by atoms with Gasteiger partial charge in [0.2, 0.25) is 5.91 Å². The lowest BCUT2D eigenvalue weighted by Gasteiger charge is -2.29. The summed E-state index contributed by atoms with van der Waals surface area (Å²) >= 11 is 4.10. The molecule has 92 valence electrons. The van der Waals surface area contributed by atoms with Gasteiger partial charge >= 0.3 is 0 Å². The van der Waals surface area contributed by atoms with Crippen molar-refractivity contribution in [1.29, 1.82) is 0 Å². The van der Waals surface area contributed by atoms with E-state index in [1.54, 1.807) is 7.11 Å². The molecule has 0 bridgehead atoms. The number of hydrogen-bond acceptors (Lipinski definition) is 3. The van der Waals surface area contributed by atoms with E-state index in [9.17, 15) is 4.79 Å². The van der Waals surface area contributed by atoms with Crippen molar-refractivity contribution in [3.63, 3.8) is 0 Å². The normalized spacial score (nSPS) is 14.4. The largest absolute Gasteiger partial charge is 0.497 e. The van der Waals surface area contributed by atoms with Crippen molar-refractivity contribution in [1.82, 2.24) is 4.90 Å². The summed E-state index contributed by atoms with van der Waals surface area (Å²) in [5.74, 6) is 1.70. The fraction of sp³-hybridized carbons (Fsp3) is 0.462. The van der Waals surface area contributed by atoms with Crippen LogP contribution in [0, 0.1) is 0 Å². The molecule has 0 aromatic heterocycles. The van der Waals surface area contributed by atoms with Crippen LogP contribution in [-0.4, -0.2) is 30.2 Å². The Labute approximate surface area is 107 Å². The van der Waals surface area contributed by atoms with E-state index in [-0.39, 0.29) is 5.91 Å². The minimum atomic E-state index is 0.196. The van der Waals surface area contributed by atoms with E-state index in [1.807, 2.05) is 17.0 Å². The van der Waals surface area contributed by atoms with E-state index in [2.05, 4.69) is 18.7 Å². The monoisotopic (exact) mass is 251 g/mol. The van der Waals surface area contributed by atoms with Crippen LogP contribution in [-0.2, 0) is 17.8 Å². The highest BCUT2D eigenvalue weighted by atomic mass is 32.1. The number of thiol groups is 1. The fourth-order valence-corrected chi connectivity index (χ4v) is 2.31. The molecule has 1 aliphatic rings. The van der Waals surface area contributed by atoms with Gasteiger partial charge in [-0.2, -0.15) is 12.6 Å². The molecule has 0 fully saturated rings. The van der Waals surface area contributed by atoms with E-state index in [0.717, 1.165) is 18.7 Å². The topological polar surface area (TPSA) is 29.5 Å². The van der Waals surface area contributed by atoms with Gasteiger partial charge in [-0.3, -0.25) is 4.79 Å². The highest BCUT2D eigenvalue weighted by Crippen LogP contribution is 2.23. The molecule has 0 spiro atoms. The summed E-state index contributed by atoms with van der Waals surface area (Å²) in [6.45, 7) is 1.51. The minimum Gasteiger partial charge on any atom is -0.497 e. The predicted molar refractivity (Wildman–Crippen MR) is 70.6 cm³/mol. The standard InChI is InChI=1S/C13H17NO2S/c1-16-12-3-2-11-9-14(13(15)5-7-17)6-4-10(11)8-12/h2-3,8,17H,4-7,9H2,1H3. The maximum Gasteiger partial charge on any atom is 0.223 e. The van der Waals surface area contributed by atoms with Crippen LogP contribution >= 0.6 is 12.6 Å². The SMILES string of the molecule is COc1ccc2c(c1)CCN(C(=O)CCS)C2. The number of hydrogen-bond donors (Lipinski definition) is 1. The molecule has 0 saturated carbocycles. The fourth-order valence-electron chi connectivity index (χ4n) is 2.12. The average Bonchev–Trinajstić information content (AvgIpc) is 2.37. The van der Waals surface area contributed by atoms with E-state index < -0.39 is 0 Å². The van der Waals surface area contributed by atoms with Crippen LogP contribution < -0.4 is 4.74 Å². The van der Waals surface area contributed by atoms with E-state index in [4.69, 9.17) is 4.74 Å². The van der Waals surface area contributed by atoms with Crippen LogP contribution in [0.15, 0.2) is 18.2 Å². The van der Waals surface area contributed by atoms with Crippen molar-refractivity contribution < 1.29 is 9.53 Å². The van der Waals surface area contributed by atoms with Crippen molar-refractivity contribution in [3.05, 3.63) is 29.3 Å². The van der Waals surface area contributed by atoms with Crippen LogP contribution in [0.5, 0.6) is 5.75 Å². The minimum absolute atomic E-state index is 0.196. The number of fused-ring (bicyclic) bond motifs is 1. The zero-order valence-electron chi connectivity index (χ0n) is 9.98. The highest BCUT2D eigenvalue weighted by molar-refractivity contribution is 7.80. The van der Waals surface area contributed by atoms with Gasteiger partial charge in [0.1, 0.15) is 5.75 Å². The third-order valence-corrected chi connectivity index (χ3v) is 3.33. The summed E-state index contributed by atoms with van der Waals surface area (Å²) in [6, 6.07) is 6.06. The Morgan fingerprint density at radius 1 is 1.47 bits per heavy atom. The van der Waals surface area contributed by atoms with Gasteiger partial charge in [0.25, 0.3) is 0 Å².